The van der Waals surface area contributed by atoms with E-state index in [1.165, 1.54) is 4.90 Å². The predicted molar refractivity (Wildman–Crippen MR) is 84.1 cm³/mol. The lowest BCUT2D eigenvalue weighted by atomic mass is 10.1. The van der Waals surface area contributed by atoms with Crippen molar-refractivity contribution in [3.05, 3.63) is 11.9 Å². The van der Waals surface area contributed by atoms with Gasteiger partial charge >= 0.3 is 6.09 Å². The Bertz CT molecular complexity index is 576. The van der Waals surface area contributed by atoms with E-state index < -0.39 is 5.60 Å². The normalized spacial score (nSPS) is 18.7. The van der Waals surface area contributed by atoms with Crippen molar-refractivity contribution in [2.24, 2.45) is 0 Å². The van der Waals surface area contributed by atoms with E-state index in [1.807, 2.05) is 20.8 Å². The van der Waals surface area contributed by atoms with Crippen LogP contribution in [0.3, 0.4) is 0 Å². The molecule has 1 aromatic rings. The van der Waals surface area contributed by atoms with Crippen molar-refractivity contribution >= 4 is 12.0 Å². The highest BCUT2D eigenvalue weighted by atomic mass is 16.6. The average Bonchev–Trinajstić information content (AvgIpc) is 2.94. The van der Waals surface area contributed by atoms with Crippen LogP contribution >= 0.6 is 0 Å². The molecule has 1 aliphatic heterocycles. The Kier molecular flexibility index (Phi) is 4.91. The number of hydrogen-bond donors (Lipinski definition) is 0. The lowest BCUT2D eigenvalue weighted by Crippen LogP contribution is -2.43. The van der Waals surface area contributed by atoms with Crippen molar-refractivity contribution in [3.63, 3.8) is 0 Å². The fourth-order valence-electron chi connectivity index (χ4n) is 2.45. The number of nitrogens with zero attached hydrogens (tertiary/aromatic N) is 5. The number of piperidine rings is 1. The lowest BCUT2D eigenvalue weighted by Gasteiger charge is -2.33. The largest absolute Gasteiger partial charge is 0.444 e. The first-order chi connectivity index (χ1) is 10.7. The Morgan fingerprint density at radius 1 is 1.35 bits per heavy atom. The molecule has 0 unspecified atom stereocenters. The molecular weight excluding hydrogens is 298 g/mol. The van der Waals surface area contributed by atoms with E-state index in [0.717, 1.165) is 12.8 Å². The second kappa shape index (κ2) is 6.55. The molecule has 1 saturated heterocycles. The predicted octanol–water partition coefficient (Wildman–Crippen LogP) is 1.55. The number of amides is 2. The lowest BCUT2D eigenvalue weighted by molar-refractivity contribution is 0.0166. The van der Waals surface area contributed by atoms with Gasteiger partial charge in [-0.3, -0.25) is 4.79 Å². The molecule has 0 radical (unpaired) electrons. The molecule has 128 valence electrons. The summed E-state index contributed by atoms with van der Waals surface area (Å²) in [6.07, 6.45) is 3.08. The van der Waals surface area contributed by atoms with Crippen LogP contribution in [-0.2, 0) is 4.74 Å². The molecule has 2 heterocycles. The van der Waals surface area contributed by atoms with Crippen LogP contribution in [0.15, 0.2) is 6.20 Å². The number of hydrogen-bond acceptors (Lipinski definition) is 5. The van der Waals surface area contributed by atoms with E-state index in [-0.39, 0.29) is 18.0 Å². The van der Waals surface area contributed by atoms with Crippen LogP contribution in [0.5, 0.6) is 0 Å². The monoisotopic (exact) mass is 323 g/mol. The van der Waals surface area contributed by atoms with Crippen LogP contribution in [0.1, 0.15) is 50.1 Å². The van der Waals surface area contributed by atoms with Crippen LogP contribution in [-0.4, -0.2) is 69.6 Å². The highest BCUT2D eigenvalue weighted by Gasteiger charge is 2.29. The van der Waals surface area contributed by atoms with Gasteiger partial charge in [0.05, 0.1) is 12.2 Å². The van der Waals surface area contributed by atoms with Crippen molar-refractivity contribution in [2.75, 3.05) is 27.2 Å². The third-order valence-electron chi connectivity index (χ3n) is 3.56. The minimum Gasteiger partial charge on any atom is -0.444 e. The number of aromatic nitrogens is 3. The van der Waals surface area contributed by atoms with Gasteiger partial charge in [0, 0.05) is 27.2 Å². The van der Waals surface area contributed by atoms with Gasteiger partial charge in [-0.1, -0.05) is 5.21 Å². The minimum atomic E-state index is -0.511. The molecule has 2 amide bonds. The summed E-state index contributed by atoms with van der Waals surface area (Å²) in [5.74, 6) is -0.184. The van der Waals surface area contributed by atoms with Crippen molar-refractivity contribution < 1.29 is 14.3 Å². The quantitative estimate of drug-likeness (QED) is 0.825. The fourth-order valence-corrected chi connectivity index (χ4v) is 2.45. The van der Waals surface area contributed by atoms with E-state index >= 15 is 0 Å². The Hall–Kier alpha value is -2.12. The third-order valence-corrected chi connectivity index (χ3v) is 3.56. The Labute approximate surface area is 136 Å². The number of likely N-dealkylation sites (tertiary alicyclic amines) is 1. The number of rotatable bonds is 2. The molecule has 0 saturated carbocycles. The van der Waals surface area contributed by atoms with Gasteiger partial charge in [0.2, 0.25) is 0 Å². The SMILES string of the molecule is CN(C)C(=O)c1cn([C@@H]2CCCN(C(=O)OC(C)(C)C)C2)nn1. The van der Waals surface area contributed by atoms with Gasteiger partial charge in [-0.05, 0) is 33.6 Å². The molecule has 8 nitrogen and oxygen atoms in total. The van der Waals surface area contributed by atoms with Crippen LogP contribution < -0.4 is 0 Å². The van der Waals surface area contributed by atoms with Gasteiger partial charge in [0.25, 0.3) is 5.91 Å². The fraction of sp³-hybridized carbons (Fsp3) is 0.733. The highest BCUT2D eigenvalue weighted by Crippen LogP contribution is 2.22. The molecule has 0 bridgehead atoms. The van der Waals surface area contributed by atoms with Gasteiger partial charge < -0.3 is 14.5 Å². The Morgan fingerprint density at radius 2 is 2.04 bits per heavy atom. The summed E-state index contributed by atoms with van der Waals surface area (Å²) in [6.45, 7) is 6.73. The number of carbonyl (C=O) groups excluding carboxylic acids is 2. The molecule has 0 N–H and O–H groups in total. The molecule has 2 rings (SSSR count). The van der Waals surface area contributed by atoms with Crippen molar-refractivity contribution in [3.8, 4) is 0 Å². The van der Waals surface area contributed by atoms with Crippen molar-refractivity contribution in [1.82, 2.24) is 24.8 Å². The summed E-state index contributed by atoms with van der Waals surface area (Å²) in [5, 5.41) is 7.98. The van der Waals surface area contributed by atoms with E-state index in [4.69, 9.17) is 4.74 Å². The summed E-state index contributed by atoms with van der Waals surface area (Å²) >= 11 is 0. The molecule has 1 aromatic heterocycles. The van der Waals surface area contributed by atoms with Crippen molar-refractivity contribution in [2.45, 2.75) is 45.3 Å². The number of ether oxygens (including phenoxy) is 1. The molecule has 1 aliphatic rings. The highest BCUT2D eigenvalue weighted by molar-refractivity contribution is 5.91. The Morgan fingerprint density at radius 3 is 2.65 bits per heavy atom. The van der Waals surface area contributed by atoms with Crippen LogP contribution in [0.4, 0.5) is 4.79 Å². The second-order valence-corrected chi connectivity index (χ2v) is 7.01. The van der Waals surface area contributed by atoms with Gasteiger partial charge in [-0.25, -0.2) is 9.48 Å². The zero-order chi connectivity index (χ0) is 17.2. The third kappa shape index (κ3) is 4.43. The second-order valence-electron chi connectivity index (χ2n) is 7.01. The van der Waals surface area contributed by atoms with E-state index in [0.29, 0.717) is 18.8 Å². The summed E-state index contributed by atoms with van der Waals surface area (Å²) in [7, 11) is 3.35. The minimum absolute atomic E-state index is 0.00693. The van der Waals surface area contributed by atoms with E-state index in [2.05, 4.69) is 10.3 Å². The first-order valence-electron chi connectivity index (χ1n) is 7.79. The smallest absolute Gasteiger partial charge is 0.410 e. The van der Waals surface area contributed by atoms with Crippen LogP contribution in [0, 0.1) is 0 Å². The summed E-state index contributed by atoms with van der Waals surface area (Å²) in [5.41, 5.74) is -0.202. The maximum atomic E-state index is 12.2. The van der Waals surface area contributed by atoms with Crippen molar-refractivity contribution in [1.29, 1.82) is 0 Å². The van der Waals surface area contributed by atoms with Crippen LogP contribution in [0.2, 0.25) is 0 Å². The standard InChI is InChI=1S/C15H25N5O3/c1-15(2,3)23-14(22)19-8-6-7-11(9-19)20-10-12(16-17-20)13(21)18(4)5/h10-11H,6-9H2,1-5H3/t11-/m1/s1. The molecule has 8 heteroatoms. The summed E-state index contributed by atoms with van der Waals surface area (Å²) in [6, 6.07) is 0.00693. The van der Waals surface area contributed by atoms with Gasteiger partial charge in [0.1, 0.15) is 5.60 Å². The first kappa shape index (κ1) is 17.2. The molecule has 0 aromatic carbocycles. The van der Waals surface area contributed by atoms with Gasteiger partial charge in [-0.15, -0.1) is 5.10 Å². The zero-order valence-corrected chi connectivity index (χ0v) is 14.4. The molecule has 1 fully saturated rings. The van der Waals surface area contributed by atoms with Crippen LogP contribution in [0.25, 0.3) is 0 Å². The maximum absolute atomic E-state index is 12.2. The summed E-state index contributed by atoms with van der Waals surface area (Å²) < 4.78 is 7.09. The molecule has 1 atom stereocenters. The Balaban J connectivity index is 2.04. The van der Waals surface area contributed by atoms with Gasteiger partial charge in [-0.2, -0.15) is 0 Å². The molecule has 0 spiro atoms. The zero-order valence-electron chi connectivity index (χ0n) is 14.4. The average molecular weight is 323 g/mol. The first-order valence-corrected chi connectivity index (χ1v) is 7.79. The number of carbonyl (C=O) groups is 2. The summed E-state index contributed by atoms with van der Waals surface area (Å²) in [4.78, 5) is 27.2. The molecule has 23 heavy (non-hydrogen) atoms. The maximum Gasteiger partial charge on any atom is 0.410 e. The van der Waals surface area contributed by atoms with E-state index in [9.17, 15) is 9.59 Å². The van der Waals surface area contributed by atoms with Gasteiger partial charge in [0.15, 0.2) is 5.69 Å². The van der Waals surface area contributed by atoms with E-state index in [1.54, 1.807) is 29.9 Å². The topological polar surface area (TPSA) is 80.6 Å². The molecular formula is C15H25N5O3. The molecule has 0 aliphatic carbocycles.